The van der Waals surface area contributed by atoms with Crippen molar-refractivity contribution < 1.29 is 19.7 Å². The number of aliphatic hydroxyl groups excluding tert-OH is 1. The summed E-state index contributed by atoms with van der Waals surface area (Å²) in [6.07, 6.45) is -1.18. The van der Waals surface area contributed by atoms with Crippen LogP contribution in [-0.4, -0.2) is 43.0 Å². The molecule has 0 heterocycles. The molecule has 1 aromatic rings. The molecule has 0 aliphatic heterocycles. The second kappa shape index (κ2) is 6.43. The number of hydrogen-bond acceptors (Lipinski definition) is 4. The summed E-state index contributed by atoms with van der Waals surface area (Å²) >= 11 is 0. The van der Waals surface area contributed by atoms with Gasteiger partial charge in [0.1, 0.15) is 5.75 Å². The van der Waals surface area contributed by atoms with Gasteiger partial charge in [0, 0.05) is 13.6 Å². The van der Waals surface area contributed by atoms with Crippen LogP contribution in [0.4, 0.5) is 5.69 Å². The molecule has 0 amide bonds. The number of aryl methyl sites for hydroxylation is 2. The zero-order chi connectivity index (χ0) is 14.6. The summed E-state index contributed by atoms with van der Waals surface area (Å²) < 4.78 is 5.38. The predicted molar refractivity (Wildman–Crippen MR) is 74.0 cm³/mol. The summed E-state index contributed by atoms with van der Waals surface area (Å²) in [7, 11) is 3.41. The molecule has 1 aromatic carbocycles. The van der Waals surface area contributed by atoms with Gasteiger partial charge in [-0.1, -0.05) is 6.07 Å². The Morgan fingerprint density at radius 3 is 2.58 bits per heavy atom. The molecule has 0 saturated carbocycles. The zero-order valence-corrected chi connectivity index (χ0v) is 11.8. The second-order valence-corrected chi connectivity index (χ2v) is 4.77. The SMILES string of the molecule is COc1c(C)cc(C)cc1N(C)CC(O)CC(=O)O. The minimum absolute atomic E-state index is 0.242. The van der Waals surface area contributed by atoms with Crippen LogP contribution in [0.2, 0.25) is 0 Å². The lowest BCUT2D eigenvalue weighted by molar-refractivity contribution is -0.139. The van der Waals surface area contributed by atoms with E-state index >= 15 is 0 Å². The van der Waals surface area contributed by atoms with E-state index in [0.29, 0.717) is 0 Å². The van der Waals surface area contributed by atoms with E-state index in [9.17, 15) is 9.90 Å². The van der Waals surface area contributed by atoms with Crippen LogP contribution in [0, 0.1) is 13.8 Å². The Hall–Kier alpha value is -1.75. The molecule has 0 spiro atoms. The molecular formula is C14H21NO4. The average Bonchev–Trinajstić information content (AvgIpc) is 2.26. The van der Waals surface area contributed by atoms with Crippen LogP contribution in [-0.2, 0) is 4.79 Å². The standard InChI is InChI=1S/C14H21NO4/c1-9-5-10(2)14(19-4)12(6-9)15(3)8-11(16)7-13(17)18/h5-6,11,16H,7-8H2,1-4H3,(H,17,18). The van der Waals surface area contributed by atoms with Crippen molar-refractivity contribution in [3.05, 3.63) is 23.3 Å². The van der Waals surface area contributed by atoms with Crippen molar-refractivity contribution in [1.82, 2.24) is 0 Å². The van der Waals surface area contributed by atoms with Gasteiger partial charge in [-0.2, -0.15) is 0 Å². The van der Waals surface area contributed by atoms with E-state index in [2.05, 4.69) is 0 Å². The first-order valence-corrected chi connectivity index (χ1v) is 6.11. The molecule has 2 N–H and O–H groups in total. The number of ether oxygens (including phenoxy) is 1. The molecule has 106 valence electrons. The van der Waals surface area contributed by atoms with E-state index in [4.69, 9.17) is 9.84 Å². The van der Waals surface area contributed by atoms with E-state index in [1.54, 1.807) is 7.11 Å². The number of rotatable bonds is 6. The van der Waals surface area contributed by atoms with Crippen LogP contribution in [0.5, 0.6) is 5.75 Å². The van der Waals surface area contributed by atoms with Gasteiger partial charge >= 0.3 is 5.97 Å². The molecule has 1 rings (SSSR count). The van der Waals surface area contributed by atoms with Crippen LogP contribution < -0.4 is 9.64 Å². The Kier molecular flexibility index (Phi) is 5.18. The normalized spacial score (nSPS) is 12.1. The molecule has 5 heteroatoms. The Labute approximate surface area is 113 Å². The lowest BCUT2D eigenvalue weighted by Gasteiger charge is -2.25. The van der Waals surface area contributed by atoms with Crippen LogP contribution in [0.25, 0.3) is 0 Å². The maximum absolute atomic E-state index is 10.6. The molecule has 0 aromatic heterocycles. The summed E-state index contributed by atoms with van der Waals surface area (Å²) in [4.78, 5) is 12.4. The summed E-state index contributed by atoms with van der Waals surface area (Å²) in [6, 6.07) is 3.98. The molecule has 0 radical (unpaired) electrons. The molecule has 0 saturated heterocycles. The van der Waals surface area contributed by atoms with Crippen LogP contribution in [0.15, 0.2) is 12.1 Å². The number of methoxy groups -OCH3 is 1. The third-order valence-electron chi connectivity index (χ3n) is 2.91. The Morgan fingerprint density at radius 2 is 2.05 bits per heavy atom. The zero-order valence-electron chi connectivity index (χ0n) is 11.8. The van der Waals surface area contributed by atoms with Crippen molar-refractivity contribution in [3.63, 3.8) is 0 Å². The van der Waals surface area contributed by atoms with Crippen molar-refractivity contribution in [2.24, 2.45) is 0 Å². The second-order valence-electron chi connectivity index (χ2n) is 4.77. The number of likely N-dealkylation sites (N-methyl/N-ethyl adjacent to an activating group) is 1. The van der Waals surface area contributed by atoms with Gasteiger partial charge in [0.25, 0.3) is 0 Å². The number of aliphatic hydroxyl groups is 1. The maximum Gasteiger partial charge on any atom is 0.306 e. The van der Waals surface area contributed by atoms with E-state index in [1.165, 1.54) is 0 Å². The highest BCUT2D eigenvalue weighted by Gasteiger charge is 2.16. The minimum Gasteiger partial charge on any atom is -0.494 e. The quantitative estimate of drug-likeness (QED) is 0.819. The number of nitrogens with zero attached hydrogens (tertiary/aromatic N) is 1. The van der Waals surface area contributed by atoms with Crippen LogP contribution in [0.1, 0.15) is 17.5 Å². The fourth-order valence-corrected chi connectivity index (χ4v) is 2.16. The topological polar surface area (TPSA) is 70.0 Å². The number of benzene rings is 1. The molecule has 5 nitrogen and oxygen atoms in total. The van der Waals surface area contributed by atoms with Gasteiger partial charge in [-0.15, -0.1) is 0 Å². The predicted octanol–water partition coefficient (Wildman–Crippen LogP) is 1.58. The first kappa shape index (κ1) is 15.3. The summed E-state index contributed by atoms with van der Waals surface area (Å²) in [5, 5.41) is 18.3. The van der Waals surface area contributed by atoms with Crippen molar-refractivity contribution in [2.75, 3.05) is 25.6 Å². The summed E-state index contributed by atoms with van der Waals surface area (Å²) in [6.45, 7) is 4.18. The Bertz CT molecular complexity index is 459. The molecule has 0 aliphatic carbocycles. The number of carboxylic acid groups (broad SMARTS) is 1. The van der Waals surface area contributed by atoms with Gasteiger partial charge in [-0.3, -0.25) is 4.79 Å². The Morgan fingerprint density at radius 1 is 1.42 bits per heavy atom. The molecule has 19 heavy (non-hydrogen) atoms. The lowest BCUT2D eigenvalue weighted by atomic mass is 10.1. The van der Waals surface area contributed by atoms with E-state index in [0.717, 1.165) is 22.6 Å². The van der Waals surface area contributed by atoms with Gasteiger partial charge in [0.15, 0.2) is 0 Å². The number of hydrogen-bond donors (Lipinski definition) is 2. The van der Waals surface area contributed by atoms with Gasteiger partial charge < -0.3 is 19.8 Å². The van der Waals surface area contributed by atoms with Gasteiger partial charge in [-0.25, -0.2) is 0 Å². The number of carbonyl (C=O) groups is 1. The van der Waals surface area contributed by atoms with E-state index < -0.39 is 12.1 Å². The van der Waals surface area contributed by atoms with Crippen LogP contribution >= 0.6 is 0 Å². The molecule has 1 unspecified atom stereocenters. The summed E-state index contributed by atoms with van der Waals surface area (Å²) in [5.41, 5.74) is 2.95. The molecule has 1 atom stereocenters. The largest absolute Gasteiger partial charge is 0.494 e. The molecule has 0 bridgehead atoms. The lowest BCUT2D eigenvalue weighted by Crippen LogP contribution is -2.31. The maximum atomic E-state index is 10.6. The highest BCUT2D eigenvalue weighted by atomic mass is 16.5. The fourth-order valence-electron chi connectivity index (χ4n) is 2.16. The number of aliphatic carboxylic acids is 1. The monoisotopic (exact) mass is 267 g/mol. The number of carboxylic acids is 1. The third kappa shape index (κ3) is 4.13. The average molecular weight is 267 g/mol. The first-order valence-electron chi connectivity index (χ1n) is 6.11. The van der Waals surface area contributed by atoms with Crippen molar-refractivity contribution in [1.29, 1.82) is 0 Å². The highest BCUT2D eigenvalue weighted by molar-refractivity contribution is 5.68. The minimum atomic E-state index is -1.01. The first-order chi connectivity index (χ1) is 8.85. The third-order valence-corrected chi connectivity index (χ3v) is 2.91. The Balaban J connectivity index is 2.92. The van der Waals surface area contributed by atoms with E-state index in [1.807, 2.05) is 37.9 Å². The number of anilines is 1. The van der Waals surface area contributed by atoms with Crippen molar-refractivity contribution >= 4 is 11.7 Å². The molecule has 0 aliphatic rings. The summed E-state index contributed by atoms with van der Waals surface area (Å²) in [5.74, 6) is -0.260. The van der Waals surface area contributed by atoms with Crippen LogP contribution in [0.3, 0.4) is 0 Å². The van der Waals surface area contributed by atoms with Crippen molar-refractivity contribution in [3.8, 4) is 5.75 Å². The van der Waals surface area contributed by atoms with Gasteiger partial charge in [-0.05, 0) is 31.0 Å². The molecular weight excluding hydrogens is 246 g/mol. The molecule has 0 fully saturated rings. The smallest absolute Gasteiger partial charge is 0.306 e. The van der Waals surface area contributed by atoms with Gasteiger partial charge in [0.2, 0.25) is 0 Å². The van der Waals surface area contributed by atoms with Crippen molar-refractivity contribution in [2.45, 2.75) is 26.4 Å². The highest BCUT2D eigenvalue weighted by Crippen LogP contribution is 2.32. The van der Waals surface area contributed by atoms with Gasteiger partial charge in [0.05, 0.1) is 25.3 Å². The van der Waals surface area contributed by atoms with E-state index in [-0.39, 0.29) is 13.0 Å². The fraction of sp³-hybridized carbons (Fsp3) is 0.500.